The van der Waals surface area contributed by atoms with Crippen LogP contribution >= 0.6 is 0 Å². The number of rotatable bonds is 5. The molecule has 0 spiro atoms. The van der Waals surface area contributed by atoms with Gasteiger partial charge < -0.3 is 14.5 Å². The van der Waals surface area contributed by atoms with E-state index < -0.39 is 0 Å². The van der Waals surface area contributed by atoms with Crippen LogP contribution in [-0.2, 0) is 6.42 Å². The number of fused-ring (bicyclic) bond motifs is 1. The minimum Gasteiger partial charge on any atom is -0.497 e. The molecule has 130 valence electrons. The summed E-state index contributed by atoms with van der Waals surface area (Å²) in [5.41, 5.74) is 4.01. The summed E-state index contributed by atoms with van der Waals surface area (Å²) in [6.07, 6.45) is 2.51. The predicted molar refractivity (Wildman–Crippen MR) is 102 cm³/mol. The van der Waals surface area contributed by atoms with Gasteiger partial charge in [0.25, 0.3) is 0 Å². The number of hydrogen-bond donors (Lipinski definition) is 1. The topological polar surface area (TPSA) is 60.0 Å². The zero-order valence-corrected chi connectivity index (χ0v) is 14.7. The van der Waals surface area contributed by atoms with Gasteiger partial charge in [-0.3, -0.25) is 0 Å². The first-order valence-corrected chi connectivity index (χ1v) is 8.51. The number of ether oxygens (including phenoxy) is 2. The second-order valence-electron chi connectivity index (χ2n) is 5.95. The lowest BCUT2D eigenvalue weighted by Gasteiger charge is -2.05. The first kappa shape index (κ1) is 16.1. The molecule has 2 aromatic heterocycles. The molecule has 4 aromatic rings. The molecule has 0 saturated heterocycles. The van der Waals surface area contributed by atoms with Gasteiger partial charge in [0.2, 0.25) is 5.88 Å². The van der Waals surface area contributed by atoms with Crippen molar-refractivity contribution in [3.05, 3.63) is 66.5 Å². The second-order valence-corrected chi connectivity index (χ2v) is 5.95. The van der Waals surface area contributed by atoms with E-state index >= 15 is 0 Å². The van der Waals surface area contributed by atoms with Crippen molar-refractivity contribution in [1.82, 2.24) is 15.0 Å². The lowest BCUT2D eigenvalue weighted by Crippen LogP contribution is -1.90. The number of nitrogens with one attached hydrogen (secondary N) is 1. The summed E-state index contributed by atoms with van der Waals surface area (Å²) in [5, 5.41) is 0.845. The molecule has 0 aliphatic heterocycles. The van der Waals surface area contributed by atoms with Crippen LogP contribution in [0, 0.1) is 0 Å². The van der Waals surface area contributed by atoms with E-state index in [9.17, 15) is 0 Å². The molecule has 5 heteroatoms. The third-order valence-corrected chi connectivity index (χ3v) is 4.34. The molecule has 0 saturated carbocycles. The molecule has 2 heterocycles. The monoisotopic (exact) mass is 345 g/mol. The highest BCUT2D eigenvalue weighted by molar-refractivity contribution is 5.87. The molecule has 26 heavy (non-hydrogen) atoms. The highest BCUT2D eigenvalue weighted by Gasteiger charge is 2.11. The molecule has 0 bridgehead atoms. The normalized spacial score (nSPS) is 10.8. The largest absolute Gasteiger partial charge is 0.497 e. The van der Waals surface area contributed by atoms with Crippen molar-refractivity contribution in [3.63, 3.8) is 0 Å². The van der Waals surface area contributed by atoms with E-state index in [0.29, 0.717) is 5.88 Å². The quantitative estimate of drug-likeness (QED) is 0.554. The van der Waals surface area contributed by atoms with E-state index in [1.54, 1.807) is 7.11 Å². The Labute approximate surface area is 151 Å². The average molecular weight is 345 g/mol. The fourth-order valence-electron chi connectivity index (χ4n) is 2.83. The smallest absolute Gasteiger partial charge is 0.231 e. The van der Waals surface area contributed by atoms with E-state index in [4.69, 9.17) is 9.47 Å². The minimum absolute atomic E-state index is 0.537. The van der Waals surface area contributed by atoms with Gasteiger partial charge in [0.05, 0.1) is 12.5 Å². The van der Waals surface area contributed by atoms with Crippen LogP contribution in [0.4, 0.5) is 0 Å². The summed E-state index contributed by atoms with van der Waals surface area (Å²) in [4.78, 5) is 11.9. The highest BCUT2D eigenvalue weighted by atomic mass is 16.5. The fraction of sp³-hybridized carbons (Fsp3) is 0.143. The number of hydrogen-bond acceptors (Lipinski definition) is 4. The van der Waals surface area contributed by atoms with Gasteiger partial charge in [-0.15, -0.1) is 0 Å². The third kappa shape index (κ3) is 3.11. The molecule has 0 aliphatic rings. The van der Waals surface area contributed by atoms with Crippen LogP contribution in [-0.4, -0.2) is 22.1 Å². The summed E-state index contributed by atoms with van der Waals surface area (Å²) < 4.78 is 11.2. The number of benzene rings is 2. The summed E-state index contributed by atoms with van der Waals surface area (Å²) in [6.45, 7) is 2.13. The number of methoxy groups -OCH3 is 1. The van der Waals surface area contributed by atoms with E-state index in [-0.39, 0.29) is 0 Å². The number of nitrogens with zero attached hydrogens (tertiary/aromatic N) is 2. The molecular formula is C21H19N3O2. The molecule has 5 nitrogen and oxygen atoms in total. The Hall–Kier alpha value is -3.34. The van der Waals surface area contributed by atoms with Gasteiger partial charge in [-0.25, -0.2) is 9.97 Å². The molecule has 0 atom stereocenters. The van der Waals surface area contributed by atoms with Gasteiger partial charge in [0, 0.05) is 5.69 Å². The summed E-state index contributed by atoms with van der Waals surface area (Å²) in [5.74, 6) is 2.12. The second kappa shape index (κ2) is 6.88. The first-order valence-electron chi connectivity index (χ1n) is 8.51. The lowest BCUT2D eigenvalue weighted by atomic mass is 10.1. The molecule has 0 aliphatic carbocycles. The van der Waals surface area contributed by atoms with Crippen LogP contribution in [0.25, 0.3) is 22.3 Å². The zero-order chi connectivity index (χ0) is 17.9. The van der Waals surface area contributed by atoms with Gasteiger partial charge in [-0.2, -0.15) is 0 Å². The van der Waals surface area contributed by atoms with Gasteiger partial charge >= 0.3 is 0 Å². The Morgan fingerprint density at radius 2 is 1.65 bits per heavy atom. The van der Waals surface area contributed by atoms with E-state index in [0.717, 1.165) is 40.2 Å². The van der Waals surface area contributed by atoms with Crippen molar-refractivity contribution in [2.45, 2.75) is 13.3 Å². The fourth-order valence-corrected chi connectivity index (χ4v) is 2.83. The van der Waals surface area contributed by atoms with E-state index in [2.05, 4.69) is 34.0 Å². The predicted octanol–water partition coefficient (Wildman–Crippen LogP) is 4.99. The highest BCUT2D eigenvalue weighted by Crippen LogP contribution is 2.31. The van der Waals surface area contributed by atoms with Gasteiger partial charge in [0.1, 0.15) is 23.5 Å². The summed E-state index contributed by atoms with van der Waals surface area (Å²) >= 11 is 0. The first-order chi connectivity index (χ1) is 12.8. The molecule has 0 unspecified atom stereocenters. The molecule has 0 fully saturated rings. The van der Waals surface area contributed by atoms with Crippen molar-refractivity contribution in [2.24, 2.45) is 0 Å². The van der Waals surface area contributed by atoms with Gasteiger partial charge in [0.15, 0.2) is 0 Å². The van der Waals surface area contributed by atoms with E-state index in [1.807, 2.05) is 42.5 Å². The summed E-state index contributed by atoms with van der Waals surface area (Å²) in [6, 6.07) is 17.9. The molecule has 4 rings (SSSR count). The van der Waals surface area contributed by atoms with Gasteiger partial charge in [-0.1, -0.05) is 19.1 Å². The van der Waals surface area contributed by atoms with Crippen molar-refractivity contribution in [2.75, 3.05) is 7.11 Å². The molecule has 0 radical (unpaired) electrons. The van der Waals surface area contributed by atoms with Crippen molar-refractivity contribution >= 4 is 11.0 Å². The van der Waals surface area contributed by atoms with Crippen LogP contribution in [0.1, 0.15) is 12.5 Å². The maximum Gasteiger partial charge on any atom is 0.231 e. The Bertz CT molecular complexity index is 1020. The Morgan fingerprint density at radius 1 is 0.923 bits per heavy atom. The van der Waals surface area contributed by atoms with Gasteiger partial charge in [-0.05, 0) is 60.0 Å². The average Bonchev–Trinajstić information content (AvgIpc) is 3.14. The molecule has 2 aromatic carbocycles. The van der Waals surface area contributed by atoms with Crippen LogP contribution in [0.15, 0.2) is 60.9 Å². The molecule has 0 amide bonds. The lowest BCUT2D eigenvalue weighted by molar-refractivity contribution is 0.415. The molecule has 1 N–H and O–H groups in total. The Balaban J connectivity index is 1.68. The maximum atomic E-state index is 5.99. The minimum atomic E-state index is 0.537. The maximum absolute atomic E-state index is 5.99. The third-order valence-electron chi connectivity index (χ3n) is 4.34. The van der Waals surface area contributed by atoms with Crippen molar-refractivity contribution < 1.29 is 9.47 Å². The number of aryl methyl sites for hydroxylation is 1. The van der Waals surface area contributed by atoms with Crippen molar-refractivity contribution in [1.29, 1.82) is 0 Å². The number of aromatic nitrogens is 3. The molecular weight excluding hydrogens is 326 g/mol. The van der Waals surface area contributed by atoms with E-state index in [1.165, 1.54) is 11.9 Å². The SMILES string of the molecule is CCc1ccc(Oc2ncnc3[nH]c(-c4ccc(OC)cc4)cc23)cc1. The van der Waals surface area contributed by atoms with Crippen LogP contribution in [0.2, 0.25) is 0 Å². The zero-order valence-electron chi connectivity index (χ0n) is 14.7. The summed E-state index contributed by atoms with van der Waals surface area (Å²) in [7, 11) is 1.66. The van der Waals surface area contributed by atoms with Crippen LogP contribution in [0.3, 0.4) is 0 Å². The number of H-pyrrole nitrogens is 1. The number of aromatic amines is 1. The van der Waals surface area contributed by atoms with Crippen molar-refractivity contribution in [3.8, 4) is 28.6 Å². The Kier molecular flexibility index (Phi) is 4.27. The Morgan fingerprint density at radius 3 is 2.35 bits per heavy atom. The standard InChI is InChI=1S/C21H19N3O2/c1-3-14-4-8-17(9-5-14)26-21-18-12-19(24-20(18)22-13-23-21)15-6-10-16(25-2)11-7-15/h4-13H,3H2,1-2H3,(H,22,23,24). The van der Waals surface area contributed by atoms with Crippen LogP contribution < -0.4 is 9.47 Å². The van der Waals surface area contributed by atoms with Crippen LogP contribution in [0.5, 0.6) is 17.4 Å².